The molecule has 0 radical (unpaired) electrons. The highest BCUT2D eigenvalue weighted by Crippen LogP contribution is 2.31. The quantitative estimate of drug-likeness (QED) is 0.884. The Balaban J connectivity index is 2.43. The predicted octanol–water partition coefficient (Wildman–Crippen LogP) is 2.11. The number of anilines is 1. The lowest BCUT2D eigenvalue weighted by atomic mass is 9.99. The van der Waals surface area contributed by atoms with E-state index in [9.17, 15) is 5.11 Å². The van der Waals surface area contributed by atoms with Crippen LogP contribution >= 0.6 is 0 Å². The molecule has 1 aliphatic heterocycles. The smallest absolute Gasteiger partial charge is 0.0651 e. The highest BCUT2D eigenvalue weighted by Gasteiger charge is 2.31. The molecule has 2 unspecified atom stereocenters. The van der Waals surface area contributed by atoms with Gasteiger partial charge in [-0.25, -0.2) is 0 Å². The number of likely N-dealkylation sites (N-methyl/N-ethyl adjacent to an activating group) is 1. The van der Waals surface area contributed by atoms with E-state index in [1.54, 1.807) is 0 Å². The Labute approximate surface area is 116 Å². The molecule has 1 aromatic rings. The number of aliphatic hydroxyl groups is 1. The largest absolute Gasteiger partial charge is 0.394 e. The van der Waals surface area contributed by atoms with Crippen LogP contribution in [0.3, 0.4) is 0 Å². The molecule has 3 nitrogen and oxygen atoms in total. The van der Waals surface area contributed by atoms with Crippen LogP contribution in [0.4, 0.5) is 5.69 Å². The summed E-state index contributed by atoms with van der Waals surface area (Å²) in [5.41, 5.74) is 5.24. The first-order valence-electron chi connectivity index (χ1n) is 7.09. The Morgan fingerprint density at radius 1 is 1.16 bits per heavy atom. The zero-order valence-electron chi connectivity index (χ0n) is 12.8. The van der Waals surface area contributed by atoms with E-state index in [1.807, 2.05) is 0 Å². The van der Waals surface area contributed by atoms with Gasteiger partial charge in [0.25, 0.3) is 0 Å². The van der Waals surface area contributed by atoms with Crippen LogP contribution < -0.4 is 4.90 Å². The van der Waals surface area contributed by atoms with Gasteiger partial charge in [0.1, 0.15) is 0 Å². The molecule has 0 aliphatic carbocycles. The van der Waals surface area contributed by atoms with Crippen LogP contribution in [0.5, 0.6) is 0 Å². The molecule has 19 heavy (non-hydrogen) atoms. The van der Waals surface area contributed by atoms with Crippen molar-refractivity contribution >= 4 is 5.69 Å². The van der Waals surface area contributed by atoms with Crippen LogP contribution in [0, 0.1) is 20.8 Å². The van der Waals surface area contributed by atoms with E-state index in [-0.39, 0.29) is 12.6 Å². The van der Waals surface area contributed by atoms with E-state index in [4.69, 9.17) is 0 Å². The van der Waals surface area contributed by atoms with Crippen molar-refractivity contribution in [1.29, 1.82) is 0 Å². The summed E-state index contributed by atoms with van der Waals surface area (Å²) in [6.45, 7) is 10.9. The van der Waals surface area contributed by atoms with Crippen molar-refractivity contribution in [2.45, 2.75) is 39.8 Å². The fourth-order valence-corrected chi connectivity index (χ4v) is 3.55. The molecule has 1 saturated heterocycles. The van der Waals surface area contributed by atoms with E-state index in [0.29, 0.717) is 6.04 Å². The molecule has 0 bridgehead atoms. The number of hydrogen-bond acceptors (Lipinski definition) is 3. The predicted molar refractivity (Wildman–Crippen MR) is 81.0 cm³/mol. The van der Waals surface area contributed by atoms with Crippen LogP contribution in [0.25, 0.3) is 0 Å². The van der Waals surface area contributed by atoms with Gasteiger partial charge >= 0.3 is 0 Å². The first kappa shape index (κ1) is 14.4. The molecule has 106 valence electrons. The molecule has 1 fully saturated rings. The first-order valence-corrected chi connectivity index (χ1v) is 7.09. The zero-order valence-corrected chi connectivity index (χ0v) is 12.8. The maximum Gasteiger partial charge on any atom is 0.0651 e. The average molecular weight is 262 g/mol. The van der Waals surface area contributed by atoms with Gasteiger partial charge in [0.15, 0.2) is 0 Å². The van der Waals surface area contributed by atoms with E-state index < -0.39 is 0 Å². The number of hydrogen-bond donors (Lipinski definition) is 1. The van der Waals surface area contributed by atoms with Gasteiger partial charge in [-0.2, -0.15) is 0 Å². The van der Waals surface area contributed by atoms with Gasteiger partial charge in [-0.1, -0.05) is 17.7 Å². The molecule has 1 aliphatic rings. The molecular formula is C16H26N2O. The molecule has 0 aromatic heterocycles. The normalized spacial score (nSPS) is 24.8. The van der Waals surface area contributed by atoms with E-state index in [1.165, 1.54) is 22.4 Å². The number of piperazine rings is 1. The van der Waals surface area contributed by atoms with Crippen molar-refractivity contribution in [2.75, 3.05) is 31.6 Å². The third-order valence-corrected chi connectivity index (χ3v) is 4.07. The fraction of sp³-hybridized carbons (Fsp3) is 0.625. The van der Waals surface area contributed by atoms with Crippen molar-refractivity contribution < 1.29 is 5.11 Å². The lowest BCUT2D eigenvalue weighted by molar-refractivity contribution is 0.171. The Kier molecular flexibility index (Phi) is 4.16. The number of aliphatic hydroxyl groups excluding tert-OH is 1. The van der Waals surface area contributed by atoms with Crippen LogP contribution in [-0.4, -0.2) is 48.8 Å². The van der Waals surface area contributed by atoms with Gasteiger partial charge in [-0.15, -0.1) is 0 Å². The Hall–Kier alpha value is -1.06. The van der Waals surface area contributed by atoms with Crippen molar-refractivity contribution in [3.63, 3.8) is 0 Å². The second-order valence-electron chi connectivity index (χ2n) is 6.06. The van der Waals surface area contributed by atoms with Gasteiger partial charge in [-0.3, -0.25) is 0 Å². The summed E-state index contributed by atoms with van der Waals surface area (Å²) >= 11 is 0. The summed E-state index contributed by atoms with van der Waals surface area (Å²) in [4.78, 5) is 4.73. The molecule has 1 N–H and O–H groups in total. The molecular weight excluding hydrogens is 236 g/mol. The number of nitrogens with zero attached hydrogens (tertiary/aromatic N) is 2. The van der Waals surface area contributed by atoms with Crippen molar-refractivity contribution in [1.82, 2.24) is 4.90 Å². The molecule has 3 heteroatoms. The van der Waals surface area contributed by atoms with E-state index >= 15 is 0 Å². The minimum atomic E-state index is 0.189. The van der Waals surface area contributed by atoms with Gasteiger partial charge in [0.05, 0.1) is 12.6 Å². The lowest BCUT2D eigenvalue weighted by Crippen LogP contribution is -2.58. The Morgan fingerprint density at radius 3 is 2.26 bits per heavy atom. The Morgan fingerprint density at radius 2 is 1.74 bits per heavy atom. The summed E-state index contributed by atoms with van der Waals surface area (Å²) < 4.78 is 0. The summed E-state index contributed by atoms with van der Waals surface area (Å²) in [7, 11) is 2.13. The third kappa shape index (κ3) is 2.77. The van der Waals surface area contributed by atoms with Gasteiger partial charge < -0.3 is 14.9 Å². The molecule has 1 heterocycles. The second kappa shape index (κ2) is 5.51. The van der Waals surface area contributed by atoms with Crippen LogP contribution in [0.2, 0.25) is 0 Å². The van der Waals surface area contributed by atoms with E-state index in [2.05, 4.69) is 56.7 Å². The standard InChI is InChI=1S/C16H26N2O/c1-11-6-12(2)16(13(3)7-11)18-14(4)8-17(5)9-15(18)10-19/h6-7,14-15,19H,8-10H2,1-5H3. The highest BCUT2D eigenvalue weighted by atomic mass is 16.3. The summed E-state index contributed by atoms with van der Waals surface area (Å²) in [6, 6.07) is 5.09. The number of rotatable bonds is 2. The number of benzene rings is 1. The fourth-order valence-electron chi connectivity index (χ4n) is 3.55. The van der Waals surface area contributed by atoms with Gasteiger partial charge in [-0.05, 0) is 45.9 Å². The minimum Gasteiger partial charge on any atom is -0.394 e. The molecule has 0 spiro atoms. The van der Waals surface area contributed by atoms with Crippen LogP contribution in [-0.2, 0) is 0 Å². The molecule has 2 atom stereocenters. The zero-order chi connectivity index (χ0) is 14.2. The monoisotopic (exact) mass is 262 g/mol. The highest BCUT2D eigenvalue weighted by molar-refractivity contribution is 5.62. The first-order chi connectivity index (χ1) is 8.93. The summed E-state index contributed by atoms with van der Waals surface area (Å²) in [5.74, 6) is 0. The van der Waals surface area contributed by atoms with Crippen LogP contribution in [0.15, 0.2) is 12.1 Å². The minimum absolute atomic E-state index is 0.189. The molecule has 0 saturated carbocycles. The Bertz CT molecular complexity index is 435. The maximum atomic E-state index is 9.73. The van der Waals surface area contributed by atoms with Gasteiger partial charge in [0, 0.05) is 24.8 Å². The van der Waals surface area contributed by atoms with Crippen LogP contribution in [0.1, 0.15) is 23.6 Å². The van der Waals surface area contributed by atoms with Gasteiger partial charge in [0.2, 0.25) is 0 Å². The van der Waals surface area contributed by atoms with Crippen molar-refractivity contribution in [3.05, 3.63) is 28.8 Å². The topological polar surface area (TPSA) is 26.7 Å². The summed E-state index contributed by atoms with van der Waals surface area (Å²) in [5, 5.41) is 9.73. The summed E-state index contributed by atoms with van der Waals surface area (Å²) in [6.07, 6.45) is 0. The third-order valence-electron chi connectivity index (χ3n) is 4.07. The van der Waals surface area contributed by atoms with E-state index in [0.717, 1.165) is 13.1 Å². The van der Waals surface area contributed by atoms with Crippen molar-refractivity contribution in [3.8, 4) is 0 Å². The second-order valence-corrected chi connectivity index (χ2v) is 6.06. The lowest BCUT2D eigenvalue weighted by Gasteiger charge is -2.46. The SMILES string of the molecule is Cc1cc(C)c(N2C(C)CN(C)CC2CO)c(C)c1. The van der Waals surface area contributed by atoms with Crippen molar-refractivity contribution in [2.24, 2.45) is 0 Å². The maximum absolute atomic E-state index is 9.73. The number of aryl methyl sites for hydroxylation is 3. The molecule has 0 amide bonds. The molecule has 1 aromatic carbocycles. The molecule has 2 rings (SSSR count). The average Bonchev–Trinajstić information content (AvgIpc) is 2.29.